The van der Waals surface area contributed by atoms with Crippen molar-refractivity contribution >= 4 is 5.65 Å². The van der Waals surface area contributed by atoms with Crippen LogP contribution in [0.15, 0.2) is 55.2 Å². The molecule has 0 amide bonds. The van der Waals surface area contributed by atoms with Crippen LogP contribution >= 0.6 is 0 Å². The summed E-state index contributed by atoms with van der Waals surface area (Å²) < 4.78 is 16.7. The van der Waals surface area contributed by atoms with Gasteiger partial charge in [0.1, 0.15) is 29.1 Å². The number of pyridine rings is 1. The van der Waals surface area contributed by atoms with Crippen LogP contribution in [-0.2, 0) is 17.8 Å². The Hall–Kier alpha value is -4.42. The molecule has 1 aliphatic heterocycles. The van der Waals surface area contributed by atoms with E-state index >= 15 is 0 Å². The van der Waals surface area contributed by atoms with Crippen LogP contribution < -0.4 is 4.74 Å². The molecule has 9 nitrogen and oxygen atoms in total. The number of benzene rings is 1. The number of nitrogens with zero attached hydrogens (tertiary/aromatic N) is 7. The molecule has 0 atom stereocenters. The highest BCUT2D eigenvalue weighted by Gasteiger charge is 2.26. The molecule has 0 N–H and O–H groups in total. The van der Waals surface area contributed by atoms with Gasteiger partial charge in [-0.05, 0) is 30.2 Å². The van der Waals surface area contributed by atoms with E-state index in [1.165, 1.54) is 0 Å². The smallest absolute Gasteiger partial charge is 0.136 e. The van der Waals surface area contributed by atoms with Gasteiger partial charge in [-0.15, -0.1) is 5.10 Å². The molecule has 0 saturated carbocycles. The van der Waals surface area contributed by atoms with Gasteiger partial charge in [0.25, 0.3) is 0 Å². The highest BCUT2D eigenvalue weighted by Crippen LogP contribution is 2.32. The summed E-state index contributed by atoms with van der Waals surface area (Å²) in [6, 6.07) is 9.78. The SMILES string of the molecule is COCc1nnn2c1Cc1c(C#Cc3ccc4nccn4c3)ncn1-c1ccc(OC)cc1-2. The summed E-state index contributed by atoms with van der Waals surface area (Å²) in [5.41, 5.74) is 6.96. The summed E-state index contributed by atoms with van der Waals surface area (Å²) in [5.74, 6) is 7.24. The average Bonchev–Trinajstić information content (AvgIpc) is 3.55. The molecule has 0 aliphatic carbocycles. The van der Waals surface area contributed by atoms with Crippen LogP contribution in [-0.4, -0.2) is 48.1 Å². The number of fused-ring (bicyclic) bond motifs is 6. The monoisotopic (exact) mass is 437 g/mol. The van der Waals surface area contributed by atoms with Crippen LogP contribution in [0.5, 0.6) is 5.75 Å². The molecule has 5 aromatic rings. The van der Waals surface area contributed by atoms with Gasteiger partial charge < -0.3 is 13.9 Å². The first-order valence-electron chi connectivity index (χ1n) is 10.4. The summed E-state index contributed by atoms with van der Waals surface area (Å²) in [6.07, 6.45) is 8.00. The Bertz CT molecular complexity index is 1560. The minimum absolute atomic E-state index is 0.370. The molecule has 9 heteroatoms. The van der Waals surface area contributed by atoms with Gasteiger partial charge in [0.05, 0.1) is 36.5 Å². The molecule has 0 unspecified atom stereocenters. The minimum Gasteiger partial charge on any atom is -0.497 e. The van der Waals surface area contributed by atoms with Crippen molar-refractivity contribution in [2.45, 2.75) is 13.0 Å². The molecule has 0 fully saturated rings. The van der Waals surface area contributed by atoms with Crippen molar-refractivity contribution < 1.29 is 9.47 Å². The standard InChI is InChI=1S/C24H19N7O2/c1-32-14-19-22-12-21-18(6-3-16-4-8-24-25-9-10-29(24)13-16)26-15-30(21)20-7-5-17(33-2)11-23(20)31(22)28-27-19/h4-5,7-11,13,15H,12,14H2,1-2H3. The van der Waals surface area contributed by atoms with Gasteiger partial charge in [-0.3, -0.25) is 4.57 Å². The van der Waals surface area contributed by atoms with E-state index in [4.69, 9.17) is 9.47 Å². The maximum absolute atomic E-state index is 5.46. The molecule has 1 aromatic carbocycles. The molecule has 1 aliphatic rings. The second kappa shape index (κ2) is 7.62. The van der Waals surface area contributed by atoms with Crippen molar-refractivity contribution in [2.24, 2.45) is 0 Å². The maximum Gasteiger partial charge on any atom is 0.136 e. The second-order valence-corrected chi connectivity index (χ2v) is 7.63. The lowest BCUT2D eigenvalue weighted by atomic mass is 10.1. The van der Waals surface area contributed by atoms with Crippen molar-refractivity contribution in [3.8, 4) is 29.0 Å². The number of imidazole rings is 2. The van der Waals surface area contributed by atoms with Crippen LogP contribution in [0.2, 0.25) is 0 Å². The molecule has 4 aromatic heterocycles. The van der Waals surface area contributed by atoms with Gasteiger partial charge >= 0.3 is 0 Å². The summed E-state index contributed by atoms with van der Waals surface area (Å²) in [6.45, 7) is 0.370. The van der Waals surface area contributed by atoms with Crippen LogP contribution in [0.3, 0.4) is 0 Å². The number of rotatable bonds is 3. The largest absolute Gasteiger partial charge is 0.497 e. The molecular weight excluding hydrogens is 418 g/mol. The molecule has 5 heterocycles. The molecule has 0 saturated heterocycles. The van der Waals surface area contributed by atoms with Crippen molar-refractivity contribution in [3.05, 3.63) is 83.6 Å². The Morgan fingerprint density at radius 3 is 2.85 bits per heavy atom. The lowest BCUT2D eigenvalue weighted by Crippen LogP contribution is -2.04. The first-order chi connectivity index (χ1) is 16.2. The normalized spacial score (nSPS) is 11.8. The van der Waals surface area contributed by atoms with Gasteiger partial charge in [-0.1, -0.05) is 11.1 Å². The predicted octanol–water partition coefficient (Wildman–Crippen LogP) is 2.56. The minimum atomic E-state index is 0.370. The fourth-order valence-electron chi connectivity index (χ4n) is 4.09. The number of hydrogen-bond donors (Lipinski definition) is 0. The zero-order chi connectivity index (χ0) is 22.4. The Morgan fingerprint density at radius 2 is 1.97 bits per heavy atom. The van der Waals surface area contributed by atoms with E-state index in [1.807, 2.05) is 51.8 Å². The van der Waals surface area contributed by atoms with E-state index in [2.05, 4.69) is 36.7 Å². The molecule has 33 heavy (non-hydrogen) atoms. The Labute approximate surface area is 189 Å². The van der Waals surface area contributed by atoms with Crippen molar-refractivity contribution in [1.82, 2.24) is 33.9 Å². The topological polar surface area (TPSA) is 84.3 Å². The quantitative estimate of drug-likeness (QED) is 0.396. The number of hydrogen-bond acceptors (Lipinski definition) is 6. The van der Waals surface area contributed by atoms with Crippen molar-refractivity contribution in [2.75, 3.05) is 14.2 Å². The third-order valence-electron chi connectivity index (χ3n) is 5.71. The number of ether oxygens (including phenoxy) is 2. The third kappa shape index (κ3) is 3.16. The number of aromatic nitrogens is 7. The maximum atomic E-state index is 5.46. The summed E-state index contributed by atoms with van der Waals surface area (Å²) in [7, 11) is 3.30. The van der Waals surface area contributed by atoms with Crippen LogP contribution in [0.25, 0.3) is 17.0 Å². The zero-order valence-electron chi connectivity index (χ0n) is 18.1. The molecular formula is C24H19N7O2. The van der Waals surface area contributed by atoms with E-state index in [-0.39, 0.29) is 0 Å². The summed E-state index contributed by atoms with van der Waals surface area (Å²) in [5, 5.41) is 8.78. The molecule has 6 rings (SSSR count). The highest BCUT2D eigenvalue weighted by molar-refractivity contribution is 5.60. The fraction of sp³-hybridized carbons (Fsp3) is 0.167. The van der Waals surface area contributed by atoms with E-state index in [0.717, 1.165) is 45.4 Å². The van der Waals surface area contributed by atoms with E-state index in [9.17, 15) is 0 Å². The van der Waals surface area contributed by atoms with Gasteiger partial charge in [0, 0.05) is 43.8 Å². The van der Waals surface area contributed by atoms with Gasteiger partial charge in [0.15, 0.2) is 0 Å². The molecule has 0 bridgehead atoms. The second-order valence-electron chi connectivity index (χ2n) is 7.63. The molecule has 162 valence electrons. The van der Waals surface area contributed by atoms with Crippen molar-refractivity contribution in [1.29, 1.82) is 0 Å². The lowest BCUT2D eigenvalue weighted by Gasteiger charge is -2.11. The Kier molecular flexibility index (Phi) is 4.45. The first kappa shape index (κ1) is 19.3. The van der Waals surface area contributed by atoms with Gasteiger partial charge in [0.2, 0.25) is 0 Å². The average molecular weight is 437 g/mol. The van der Waals surface area contributed by atoms with E-state index in [1.54, 1.807) is 26.7 Å². The Balaban J connectivity index is 1.50. The number of methoxy groups -OCH3 is 2. The van der Waals surface area contributed by atoms with E-state index in [0.29, 0.717) is 18.7 Å². The molecule has 0 radical (unpaired) electrons. The summed E-state index contributed by atoms with van der Waals surface area (Å²) >= 11 is 0. The van der Waals surface area contributed by atoms with Crippen LogP contribution in [0.4, 0.5) is 0 Å². The lowest BCUT2D eigenvalue weighted by molar-refractivity contribution is 0.180. The third-order valence-corrected chi connectivity index (χ3v) is 5.71. The Morgan fingerprint density at radius 1 is 1.03 bits per heavy atom. The van der Waals surface area contributed by atoms with E-state index < -0.39 is 0 Å². The zero-order valence-corrected chi connectivity index (χ0v) is 18.1. The predicted molar refractivity (Wildman–Crippen MR) is 120 cm³/mol. The van der Waals surface area contributed by atoms with Crippen molar-refractivity contribution in [3.63, 3.8) is 0 Å². The highest BCUT2D eigenvalue weighted by atomic mass is 16.5. The summed E-state index contributed by atoms with van der Waals surface area (Å²) in [4.78, 5) is 8.92. The fourth-order valence-corrected chi connectivity index (χ4v) is 4.09. The van der Waals surface area contributed by atoms with Gasteiger partial charge in [-0.25, -0.2) is 14.6 Å². The van der Waals surface area contributed by atoms with Crippen LogP contribution in [0.1, 0.15) is 28.3 Å². The molecule has 0 spiro atoms. The van der Waals surface area contributed by atoms with Crippen LogP contribution in [0, 0.1) is 11.8 Å². The van der Waals surface area contributed by atoms with Gasteiger partial charge in [-0.2, -0.15) is 0 Å². The first-order valence-corrected chi connectivity index (χ1v) is 10.4.